The number of alkyl halides is 3. The third-order valence-electron chi connectivity index (χ3n) is 4.60. The number of nitrogens with one attached hydrogen (secondary N) is 1. The number of hydrogen-bond acceptors (Lipinski definition) is 4. The van der Waals surface area contributed by atoms with Gasteiger partial charge in [-0.05, 0) is 43.2 Å². The molecule has 1 N–H and O–H groups in total. The van der Waals surface area contributed by atoms with E-state index in [1.54, 1.807) is 6.07 Å². The Morgan fingerprint density at radius 3 is 2.48 bits per heavy atom. The maximum Gasteiger partial charge on any atom is 0.416 e. The molecule has 0 saturated carbocycles. The number of hydrogen-bond donors (Lipinski definition) is 1. The molecule has 1 aromatic heterocycles. The van der Waals surface area contributed by atoms with Gasteiger partial charge in [0.2, 0.25) is 15.9 Å². The molecule has 0 bridgehead atoms. The van der Waals surface area contributed by atoms with E-state index in [1.807, 2.05) is 0 Å². The molecule has 29 heavy (non-hydrogen) atoms. The molecule has 1 aliphatic heterocycles. The van der Waals surface area contributed by atoms with Gasteiger partial charge in [0.1, 0.15) is 5.82 Å². The minimum Gasteiger partial charge on any atom is -0.310 e. The normalized spacial score (nSPS) is 16.6. The van der Waals surface area contributed by atoms with Crippen molar-refractivity contribution >= 4 is 33.3 Å². The summed E-state index contributed by atoms with van der Waals surface area (Å²) in [6, 6.07) is 6.70. The summed E-state index contributed by atoms with van der Waals surface area (Å²) in [5.74, 6) is -0.457. The zero-order valence-corrected chi connectivity index (χ0v) is 16.6. The van der Waals surface area contributed by atoms with Crippen LogP contribution in [0.1, 0.15) is 18.4 Å². The highest BCUT2D eigenvalue weighted by Gasteiger charge is 2.35. The number of aromatic nitrogens is 1. The number of anilines is 1. The predicted molar refractivity (Wildman–Crippen MR) is 101 cm³/mol. The molecule has 2 aromatic rings. The molecule has 1 fully saturated rings. The fraction of sp³-hybridized carbons (Fsp3) is 0.333. The Kier molecular flexibility index (Phi) is 6.16. The lowest BCUT2D eigenvalue weighted by Crippen LogP contribution is -2.41. The highest BCUT2D eigenvalue weighted by molar-refractivity contribution is 7.89. The van der Waals surface area contributed by atoms with Gasteiger partial charge in [0.25, 0.3) is 0 Å². The Labute approximate surface area is 170 Å². The molecule has 3 rings (SSSR count). The zero-order chi connectivity index (χ0) is 21.2. The van der Waals surface area contributed by atoms with E-state index in [-0.39, 0.29) is 31.8 Å². The summed E-state index contributed by atoms with van der Waals surface area (Å²) in [6.07, 6.45) is -2.71. The number of pyridine rings is 1. The number of halogens is 4. The molecule has 11 heteroatoms. The number of piperidine rings is 1. The molecule has 2 heterocycles. The van der Waals surface area contributed by atoms with E-state index in [2.05, 4.69) is 10.3 Å². The Hall–Kier alpha value is -2.17. The number of rotatable bonds is 4. The zero-order valence-electron chi connectivity index (χ0n) is 15.0. The van der Waals surface area contributed by atoms with Crippen LogP contribution < -0.4 is 5.32 Å². The van der Waals surface area contributed by atoms with Crippen molar-refractivity contribution < 1.29 is 26.4 Å². The van der Waals surface area contributed by atoms with E-state index in [4.69, 9.17) is 11.6 Å². The number of carbonyl (C=O) groups excluding carboxylic acids is 1. The van der Waals surface area contributed by atoms with Crippen LogP contribution in [0.5, 0.6) is 0 Å². The van der Waals surface area contributed by atoms with Gasteiger partial charge in [-0.1, -0.05) is 17.7 Å². The summed E-state index contributed by atoms with van der Waals surface area (Å²) in [6.45, 7) is 0.0548. The molecule has 1 saturated heterocycles. The average Bonchev–Trinajstić information content (AvgIpc) is 2.67. The van der Waals surface area contributed by atoms with Crippen LogP contribution in [0.2, 0.25) is 5.02 Å². The lowest BCUT2D eigenvalue weighted by molar-refractivity contribution is -0.137. The van der Waals surface area contributed by atoms with E-state index in [1.165, 1.54) is 12.3 Å². The van der Waals surface area contributed by atoms with Crippen LogP contribution in [-0.4, -0.2) is 36.7 Å². The molecule has 156 valence electrons. The van der Waals surface area contributed by atoms with Gasteiger partial charge in [-0.25, -0.2) is 13.4 Å². The largest absolute Gasteiger partial charge is 0.416 e. The summed E-state index contributed by atoms with van der Waals surface area (Å²) in [5.41, 5.74) is -1.03. The Bertz CT molecular complexity index is 1010. The molecule has 0 unspecified atom stereocenters. The maximum absolute atomic E-state index is 12.9. The smallest absolute Gasteiger partial charge is 0.310 e. The topological polar surface area (TPSA) is 79.4 Å². The van der Waals surface area contributed by atoms with Crippen molar-refractivity contribution in [2.75, 3.05) is 18.4 Å². The first-order chi connectivity index (χ1) is 13.6. The van der Waals surface area contributed by atoms with Crippen molar-refractivity contribution in [3.63, 3.8) is 0 Å². The second kappa shape index (κ2) is 8.29. The minimum atomic E-state index is -4.63. The van der Waals surface area contributed by atoms with E-state index < -0.39 is 32.6 Å². The van der Waals surface area contributed by atoms with E-state index >= 15 is 0 Å². The molecular weight excluding hydrogens is 431 g/mol. The van der Waals surface area contributed by atoms with Gasteiger partial charge in [-0.2, -0.15) is 17.5 Å². The van der Waals surface area contributed by atoms with E-state index in [0.29, 0.717) is 16.9 Å². The quantitative estimate of drug-likeness (QED) is 0.773. The van der Waals surface area contributed by atoms with Gasteiger partial charge in [-0.15, -0.1) is 0 Å². The molecular formula is C18H17ClF3N3O3S. The summed E-state index contributed by atoms with van der Waals surface area (Å²) in [5, 5.41) is 3.05. The Morgan fingerprint density at radius 2 is 1.86 bits per heavy atom. The third kappa shape index (κ3) is 5.06. The third-order valence-corrected chi connectivity index (χ3v) is 6.73. The van der Waals surface area contributed by atoms with E-state index in [9.17, 15) is 26.4 Å². The fourth-order valence-electron chi connectivity index (χ4n) is 3.04. The number of benzene rings is 1. The molecule has 0 radical (unpaired) electrons. The SMILES string of the molecule is O=C(Nc1cc(Cl)ccn1)C1CCN(S(=O)(=O)c2cccc(C(F)(F)F)c2)CC1. The van der Waals surface area contributed by atoms with Crippen molar-refractivity contribution in [3.05, 3.63) is 53.2 Å². The minimum absolute atomic E-state index is 0.0274. The second-order valence-corrected chi connectivity index (χ2v) is 8.93. The van der Waals surface area contributed by atoms with Gasteiger partial charge in [-0.3, -0.25) is 4.79 Å². The standard InChI is InChI=1S/C18H17ClF3N3O3S/c19-14-4-7-23-16(11-14)24-17(26)12-5-8-25(9-6-12)29(27,28)15-3-1-2-13(10-15)18(20,21)22/h1-4,7,10-12H,5-6,8-9H2,(H,23,24,26). The van der Waals surface area contributed by atoms with E-state index in [0.717, 1.165) is 22.5 Å². The van der Waals surface area contributed by atoms with Crippen LogP contribution in [0.3, 0.4) is 0 Å². The maximum atomic E-state index is 12.9. The van der Waals surface area contributed by atoms with Crippen LogP contribution in [-0.2, 0) is 21.0 Å². The van der Waals surface area contributed by atoms with Gasteiger partial charge in [0, 0.05) is 30.2 Å². The number of sulfonamides is 1. The molecule has 0 spiro atoms. The molecule has 0 aliphatic carbocycles. The monoisotopic (exact) mass is 447 g/mol. The molecule has 1 aliphatic rings. The molecule has 1 amide bonds. The van der Waals surface area contributed by atoms with Gasteiger partial charge >= 0.3 is 6.18 Å². The van der Waals surface area contributed by atoms with Crippen LogP contribution in [0.4, 0.5) is 19.0 Å². The van der Waals surface area contributed by atoms with Crippen LogP contribution in [0.25, 0.3) is 0 Å². The van der Waals surface area contributed by atoms with Crippen molar-refractivity contribution in [1.29, 1.82) is 0 Å². The van der Waals surface area contributed by atoms with Gasteiger partial charge in [0.05, 0.1) is 10.5 Å². The molecule has 1 aromatic carbocycles. The van der Waals surface area contributed by atoms with Gasteiger partial charge in [0.15, 0.2) is 0 Å². The average molecular weight is 448 g/mol. The summed E-state index contributed by atoms with van der Waals surface area (Å²) >= 11 is 5.85. The van der Waals surface area contributed by atoms with Gasteiger partial charge < -0.3 is 5.32 Å². The lowest BCUT2D eigenvalue weighted by Gasteiger charge is -2.30. The Balaban J connectivity index is 1.66. The molecule has 0 atom stereocenters. The first kappa shape index (κ1) is 21.5. The van der Waals surface area contributed by atoms with Crippen LogP contribution in [0.15, 0.2) is 47.5 Å². The Morgan fingerprint density at radius 1 is 1.17 bits per heavy atom. The summed E-state index contributed by atoms with van der Waals surface area (Å²) < 4.78 is 65.1. The second-order valence-electron chi connectivity index (χ2n) is 6.55. The lowest BCUT2D eigenvalue weighted by atomic mass is 9.97. The number of amides is 1. The van der Waals surface area contributed by atoms with Crippen LogP contribution >= 0.6 is 11.6 Å². The van der Waals surface area contributed by atoms with Crippen molar-refractivity contribution in [1.82, 2.24) is 9.29 Å². The first-order valence-electron chi connectivity index (χ1n) is 8.67. The summed E-state index contributed by atoms with van der Waals surface area (Å²) in [4.78, 5) is 15.9. The van der Waals surface area contributed by atoms with Crippen LogP contribution in [0, 0.1) is 5.92 Å². The van der Waals surface area contributed by atoms with Crippen molar-refractivity contribution in [2.45, 2.75) is 23.9 Å². The molecule has 6 nitrogen and oxygen atoms in total. The predicted octanol–water partition coefficient (Wildman–Crippen LogP) is 3.79. The summed E-state index contributed by atoms with van der Waals surface area (Å²) in [7, 11) is -4.09. The van der Waals surface area contributed by atoms with Crippen molar-refractivity contribution in [2.24, 2.45) is 5.92 Å². The number of carbonyl (C=O) groups is 1. The highest BCUT2D eigenvalue weighted by Crippen LogP contribution is 2.32. The number of nitrogens with zero attached hydrogens (tertiary/aromatic N) is 2. The van der Waals surface area contributed by atoms with Crippen molar-refractivity contribution in [3.8, 4) is 0 Å². The first-order valence-corrected chi connectivity index (χ1v) is 10.5. The fourth-order valence-corrected chi connectivity index (χ4v) is 4.72. The highest BCUT2D eigenvalue weighted by atomic mass is 35.5.